The van der Waals surface area contributed by atoms with Crippen LogP contribution < -0.4 is 0 Å². The molecule has 0 aromatic rings. The average molecular weight is 224 g/mol. The Morgan fingerprint density at radius 3 is 2.19 bits per heavy atom. The molecule has 1 heterocycles. The van der Waals surface area contributed by atoms with E-state index >= 15 is 0 Å². The molecule has 2 heteroatoms. The highest BCUT2D eigenvalue weighted by Gasteiger charge is 2.45. The Morgan fingerprint density at radius 1 is 1.12 bits per heavy atom. The molecule has 2 rings (SSSR count). The lowest BCUT2D eigenvalue weighted by Gasteiger charge is -2.44. The molecule has 0 aromatic heterocycles. The van der Waals surface area contributed by atoms with Gasteiger partial charge in [-0.05, 0) is 31.6 Å². The summed E-state index contributed by atoms with van der Waals surface area (Å²) < 4.78 is 11.8. The molecule has 0 radical (unpaired) electrons. The maximum Gasteiger partial charge on any atom is 0.244 e. The van der Waals surface area contributed by atoms with E-state index in [-0.39, 0.29) is 6.29 Å². The van der Waals surface area contributed by atoms with Crippen molar-refractivity contribution in [2.24, 2.45) is 17.3 Å². The van der Waals surface area contributed by atoms with E-state index in [0.717, 1.165) is 11.5 Å². The third-order valence-corrected chi connectivity index (χ3v) is 4.37. The van der Waals surface area contributed by atoms with Crippen molar-refractivity contribution in [3.63, 3.8) is 0 Å². The van der Waals surface area contributed by atoms with E-state index in [0.29, 0.717) is 17.3 Å². The van der Waals surface area contributed by atoms with Gasteiger partial charge in [0.25, 0.3) is 0 Å². The number of hydrogen-bond donors (Lipinski definition) is 0. The first kappa shape index (κ1) is 11.8. The molecule has 1 aliphatic heterocycles. The number of hydrogen-bond acceptors (Lipinski definition) is 2. The van der Waals surface area contributed by atoms with Gasteiger partial charge in [0.1, 0.15) is 11.5 Å². The van der Waals surface area contributed by atoms with Crippen molar-refractivity contribution in [2.45, 2.75) is 60.2 Å². The Kier molecular flexibility index (Phi) is 2.93. The molecular weight excluding hydrogens is 200 g/mol. The number of rotatable bonds is 1. The molecule has 2 aliphatic rings. The van der Waals surface area contributed by atoms with Crippen LogP contribution in [0.2, 0.25) is 0 Å². The van der Waals surface area contributed by atoms with Gasteiger partial charge in [-0.1, -0.05) is 33.6 Å². The molecule has 0 amide bonds. The second-order valence-electron chi connectivity index (χ2n) is 6.10. The van der Waals surface area contributed by atoms with Crippen LogP contribution >= 0.6 is 0 Å². The minimum atomic E-state index is -0.0506. The van der Waals surface area contributed by atoms with Crippen molar-refractivity contribution < 1.29 is 9.47 Å². The Bertz CT molecular complexity index is 290. The average Bonchev–Trinajstić information content (AvgIpc) is 2.44. The van der Waals surface area contributed by atoms with Crippen molar-refractivity contribution in [2.75, 3.05) is 0 Å². The van der Waals surface area contributed by atoms with Crippen molar-refractivity contribution in [3.05, 3.63) is 11.5 Å². The maximum absolute atomic E-state index is 5.88. The van der Waals surface area contributed by atoms with Gasteiger partial charge in [-0.2, -0.15) is 0 Å². The molecule has 1 fully saturated rings. The number of ether oxygens (including phenoxy) is 2. The van der Waals surface area contributed by atoms with Gasteiger partial charge in [-0.25, -0.2) is 0 Å². The zero-order chi connectivity index (χ0) is 11.9. The van der Waals surface area contributed by atoms with Crippen LogP contribution in [-0.2, 0) is 9.47 Å². The second-order valence-corrected chi connectivity index (χ2v) is 6.10. The maximum atomic E-state index is 5.88. The van der Waals surface area contributed by atoms with Crippen LogP contribution in [0, 0.1) is 17.3 Å². The monoisotopic (exact) mass is 224 g/mol. The zero-order valence-corrected chi connectivity index (χ0v) is 11.2. The van der Waals surface area contributed by atoms with E-state index in [1.807, 2.05) is 13.8 Å². The van der Waals surface area contributed by atoms with E-state index in [4.69, 9.17) is 9.47 Å². The summed E-state index contributed by atoms with van der Waals surface area (Å²) in [5.41, 5.74) is 0.327. The molecule has 2 unspecified atom stereocenters. The van der Waals surface area contributed by atoms with E-state index < -0.39 is 0 Å². The minimum absolute atomic E-state index is 0.0506. The highest BCUT2D eigenvalue weighted by Crippen LogP contribution is 2.48. The molecule has 0 spiro atoms. The molecule has 1 saturated carbocycles. The smallest absolute Gasteiger partial charge is 0.244 e. The second kappa shape index (κ2) is 3.97. The van der Waals surface area contributed by atoms with Crippen LogP contribution in [-0.4, -0.2) is 6.29 Å². The standard InChI is InChI=1S/C14H24O2/c1-9-7-6-8-14(4,5)12(9)13-15-10(2)11(3)16-13/h9,12-13H,6-8H2,1-5H3. The Morgan fingerprint density at radius 2 is 1.69 bits per heavy atom. The van der Waals surface area contributed by atoms with Gasteiger partial charge in [0.2, 0.25) is 6.29 Å². The summed E-state index contributed by atoms with van der Waals surface area (Å²) in [7, 11) is 0. The van der Waals surface area contributed by atoms with Crippen molar-refractivity contribution in [1.29, 1.82) is 0 Å². The minimum Gasteiger partial charge on any atom is -0.456 e. The summed E-state index contributed by atoms with van der Waals surface area (Å²) in [5, 5.41) is 0. The van der Waals surface area contributed by atoms with Gasteiger partial charge in [0.05, 0.1) is 0 Å². The molecule has 92 valence electrons. The molecule has 0 N–H and O–H groups in total. The van der Waals surface area contributed by atoms with Crippen LogP contribution in [0.4, 0.5) is 0 Å². The lowest BCUT2D eigenvalue weighted by molar-refractivity contribution is -0.142. The molecule has 2 nitrogen and oxygen atoms in total. The van der Waals surface area contributed by atoms with Crippen molar-refractivity contribution in [3.8, 4) is 0 Å². The first-order valence-corrected chi connectivity index (χ1v) is 6.42. The number of allylic oxidation sites excluding steroid dienone is 2. The van der Waals surface area contributed by atoms with E-state index in [2.05, 4.69) is 20.8 Å². The normalized spacial score (nSPS) is 34.8. The molecule has 0 aromatic carbocycles. The topological polar surface area (TPSA) is 18.5 Å². The van der Waals surface area contributed by atoms with E-state index in [9.17, 15) is 0 Å². The highest BCUT2D eigenvalue weighted by atomic mass is 16.7. The van der Waals surface area contributed by atoms with Crippen LogP contribution in [0.5, 0.6) is 0 Å². The van der Waals surface area contributed by atoms with E-state index in [1.165, 1.54) is 19.3 Å². The fraction of sp³-hybridized carbons (Fsp3) is 0.857. The summed E-state index contributed by atoms with van der Waals surface area (Å²) >= 11 is 0. The summed E-state index contributed by atoms with van der Waals surface area (Å²) in [6.07, 6.45) is 3.87. The lowest BCUT2D eigenvalue weighted by atomic mass is 9.64. The molecule has 0 bridgehead atoms. The summed E-state index contributed by atoms with van der Waals surface area (Å²) in [4.78, 5) is 0. The Hall–Kier alpha value is -0.660. The van der Waals surface area contributed by atoms with Crippen LogP contribution in [0.3, 0.4) is 0 Å². The van der Waals surface area contributed by atoms with Crippen molar-refractivity contribution in [1.82, 2.24) is 0 Å². The third kappa shape index (κ3) is 1.94. The Balaban J connectivity index is 2.13. The predicted molar refractivity (Wildman–Crippen MR) is 64.6 cm³/mol. The zero-order valence-electron chi connectivity index (χ0n) is 11.2. The fourth-order valence-electron chi connectivity index (χ4n) is 3.32. The first-order chi connectivity index (χ1) is 7.42. The summed E-state index contributed by atoms with van der Waals surface area (Å²) in [6, 6.07) is 0. The predicted octanol–water partition coefficient (Wildman–Crippen LogP) is 4.07. The third-order valence-electron chi connectivity index (χ3n) is 4.37. The van der Waals surface area contributed by atoms with Gasteiger partial charge < -0.3 is 9.47 Å². The van der Waals surface area contributed by atoms with Gasteiger partial charge in [0.15, 0.2) is 0 Å². The summed E-state index contributed by atoms with van der Waals surface area (Å²) in [5.74, 6) is 3.11. The molecule has 0 saturated heterocycles. The molecule has 16 heavy (non-hydrogen) atoms. The van der Waals surface area contributed by atoms with Crippen LogP contribution in [0.15, 0.2) is 11.5 Å². The van der Waals surface area contributed by atoms with Gasteiger partial charge in [-0.15, -0.1) is 0 Å². The molecule has 2 atom stereocenters. The fourth-order valence-corrected chi connectivity index (χ4v) is 3.32. The SMILES string of the molecule is CC1=C(C)OC(C2C(C)CCCC2(C)C)O1. The molecular formula is C14H24O2. The summed E-state index contributed by atoms with van der Waals surface area (Å²) in [6.45, 7) is 11.0. The van der Waals surface area contributed by atoms with Gasteiger partial charge in [-0.3, -0.25) is 0 Å². The first-order valence-electron chi connectivity index (χ1n) is 6.42. The Labute approximate surface area is 99.0 Å². The van der Waals surface area contributed by atoms with Crippen LogP contribution in [0.1, 0.15) is 53.9 Å². The van der Waals surface area contributed by atoms with Gasteiger partial charge >= 0.3 is 0 Å². The van der Waals surface area contributed by atoms with E-state index in [1.54, 1.807) is 0 Å². The van der Waals surface area contributed by atoms with Crippen LogP contribution in [0.25, 0.3) is 0 Å². The molecule has 1 aliphatic carbocycles. The van der Waals surface area contributed by atoms with Gasteiger partial charge in [0, 0.05) is 5.92 Å². The quantitative estimate of drug-likeness (QED) is 0.668. The lowest BCUT2D eigenvalue weighted by Crippen LogP contribution is -2.42. The highest BCUT2D eigenvalue weighted by molar-refractivity contribution is 5.02. The largest absolute Gasteiger partial charge is 0.456 e. The van der Waals surface area contributed by atoms with Crippen molar-refractivity contribution >= 4 is 0 Å².